The Hall–Kier alpha value is -1.44. The number of hydrogen-bond donors (Lipinski definition) is 1. The second-order valence-electron chi connectivity index (χ2n) is 6.76. The van der Waals surface area contributed by atoms with Crippen molar-refractivity contribution in [3.05, 3.63) is 34.9 Å². The molecule has 0 amide bonds. The highest BCUT2D eigenvalue weighted by Crippen LogP contribution is 2.53. The minimum Gasteiger partial charge on any atom is -0.507 e. The van der Waals surface area contributed by atoms with Crippen molar-refractivity contribution in [1.29, 1.82) is 0 Å². The standard InChI is InChI=1S/C21H30O2/c1-5-6-7-8-15-12-18(22)20-16-11-14(2)9-10-17(16)21(3,4)23-19(20)13-15/h11-13,16-17,22H,5-10H2,1-4H3/t16-,17-/m1/s1/i2D3,10D2,11D,16D,17D. The van der Waals surface area contributed by atoms with E-state index in [1.54, 1.807) is 6.07 Å². The van der Waals surface area contributed by atoms with Gasteiger partial charge in [-0.15, -0.1) is 0 Å². The lowest BCUT2D eigenvalue weighted by Crippen LogP contribution is -2.45. The van der Waals surface area contributed by atoms with Crippen molar-refractivity contribution in [2.75, 3.05) is 0 Å². The molecule has 0 saturated heterocycles. The highest BCUT2D eigenvalue weighted by atomic mass is 16.5. The molecule has 3 rings (SSSR count). The zero-order chi connectivity index (χ0) is 23.6. The SMILES string of the molecule is [2H]C1=C(C([2H])([2H])[2H])CC([2H])([2H])[C@@]2([2H])C(C)(C)Oc3cc(CCCCC)cc(O)c3[C@]12[2H]. The van der Waals surface area contributed by atoms with Gasteiger partial charge in [0.15, 0.2) is 0 Å². The van der Waals surface area contributed by atoms with Gasteiger partial charge in [0.05, 0.1) is 1.37 Å². The largest absolute Gasteiger partial charge is 0.507 e. The van der Waals surface area contributed by atoms with E-state index in [1.807, 2.05) is 0 Å². The number of unbranched alkanes of at least 4 members (excludes halogenated alkanes) is 2. The van der Waals surface area contributed by atoms with E-state index in [-0.39, 0.29) is 17.1 Å². The van der Waals surface area contributed by atoms with Crippen LogP contribution in [-0.4, -0.2) is 10.7 Å². The van der Waals surface area contributed by atoms with Gasteiger partial charge in [-0.05, 0) is 64.0 Å². The molecule has 126 valence electrons. The van der Waals surface area contributed by atoms with Crippen LogP contribution in [0.2, 0.25) is 0 Å². The molecule has 1 aliphatic carbocycles. The predicted octanol–water partition coefficient (Wildman–Crippen LogP) is 5.74. The molecule has 2 aliphatic rings. The Morgan fingerprint density at radius 2 is 2.30 bits per heavy atom. The van der Waals surface area contributed by atoms with Gasteiger partial charge in [0.1, 0.15) is 17.1 Å². The van der Waals surface area contributed by atoms with Gasteiger partial charge in [0, 0.05) is 26.9 Å². The van der Waals surface area contributed by atoms with Crippen molar-refractivity contribution in [3.8, 4) is 11.5 Å². The molecule has 0 radical (unpaired) electrons. The summed E-state index contributed by atoms with van der Waals surface area (Å²) in [6.07, 6.45) is 0.408. The van der Waals surface area contributed by atoms with Crippen molar-refractivity contribution in [2.24, 2.45) is 5.89 Å². The smallest absolute Gasteiger partial charge is 0.127 e. The second-order valence-corrected chi connectivity index (χ2v) is 6.76. The first-order valence-electron chi connectivity index (χ1n) is 12.3. The van der Waals surface area contributed by atoms with E-state index in [9.17, 15) is 7.85 Å². The summed E-state index contributed by atoms with van der Waals surface area (Å²) in [6.45, 7) is 2.25. The normalized spacial score (nSPS) is 39.8. The first-order valence-corrected chi connectivity index (χ1v) is 8.30. The molecule has 0 spiro atoms. The van der Waals surface area contributed by atoms with Gasteiger partial charge < -0.3 is 9.84 Å². The third-order valence-corrected chi connectivity index (χ3v) is 4.40. The fourth-order valence-electron chi connectivity index (χ4n) is 3.26. The topological polar surface area (TPSA) is 29.5 Å². The first kappa shape index (κ1) is 9.15. The van der Waals surface area contributed by atoms with Crippen LogP contribution in [0.5, 0.6) is 11.5 Å². The average Bonchev–Trinajstić information content (AvgIpc) is 2.61. The molecule has 0 aromatic heterocycles. The molecule has 0 fully saturated rings. The molecular formula is C21H30O2. The zero-order valence-corrected chi connectivity index (χ0v) is 14.0. The van der Waals surface area contributed by atoms with Crippen LogP contribution in [0.1, 0.15) is 87.7 Å². The number of phenols is 1. The molecule has 0 unspecified atom stereocenters. The van der Waals surface area contributed by atoms with Crippen LogP contribution in [0.25, 0.3) is 0 Å². The Bertz CT molecular complexity index is 921. The maximum Gasteiger partial charge on any atom is 0.127 e. The maximum absolute atomic E-state index is 10.9. The molecule has 23 heavy (non-hydrogen) atoms. The number of phenolic OH excluding ortho intramolecular Hbond substituents is 1. The summed E-state index contributed by atoms with van der Waals surface area (Å²) < 4.78 is 73.9. The molecule has 1 aromatic rings. The summed E-state index contributed by atoms with van der Waals surface area (Å²) >= 11 is 0. The first-order chi connectivity index (χ1) is 14.0. The van der Waals surface area contributed by atoms with Gasteiger partial charge in [0.25, 0.3) is 0 Å². The van der Waals surface area contributed by atoms with Crippen LogP contribution in [0, 0.1) is 5.89 Å². The molecule has 1 aliphatic heterocycles. The summed E-state index contributed by atoms with van der Waals surface area (Å²) in [5.74, 6) is -5.13. The molecule has 1 aromatic carbocycles. The molecule has 1 heterocycles. The summed E-state index contributed by atoms with van der Waals surface area (Å²) in [6, 6.07) is 2.46. The minimum absolute atomic E-state index is 0.0988. The van der Waals surface area contributed by atoms with Crippen molar-refractivity contribution in [2.45, 2.75) is 77.6 Å². The number of fused-ring (bicyclic) bond motifs is 3. The van der Waals surface area contributed by atoms with Crippen LogP contribution in [0.3, 0.4) is 0 Å². The number of benzene rings is 1. The molecule has 2 atom stereocenters. The lowest BCUT2D eigenvalue weighted by atomic mass is 9.68. The fourth-order valence-corrected chi connectivity index (χ4v) is 3.26. The van der Waals surface area contributed by atoms with E-state index in [0.29, 0.717) is 6.42 Å². The zero-order valence-electron chi connectivity index (χ0n) is 22.0. The number of rotatable bonds is 4. The Morgan fingerprint density at radius 1 is 1.48 bits per heavy atom. The molecule has 2 nitrogen and oxygen atoms in total. The van der Waals surface area contributed by atoms with Gasteiger partial charge in [-0.3, -0.25) is 0 Å². The van der Waals surface area contributed by atoms with Gasteiger partial charge in [-0.1, -0.05) is 31.4 Å². The number of aryl methyl sites for hydroxylation is 1. The van der Waals surface area contributed by atoms with E-state index >= 15 is 0 Å². The summed E-state index contributed by atoms with van der Waals surface area (Å²) in [4.78, 5) is 0. The van der Waals surface area contributed by atoms with E-state index in [4.69, 9.17) is 13.0 Å². The van der Waals surface area contributed by atoms with Crippen LogP contribution >= 0.6 is 0 Å². The predicted molar refractivity (Wildman–Crippen MR) is 95.3 cm³/mol. The Kier molecular flexibility index (Phi) is 2.47. The van der Waals surface area contributed by atoms with Crippen molar-refractivity contribution in [3.63, 3.8) is 0 Å². The molecule has 2 heteroatoms. The van der Waals surface area contributed by atoms with Crippen LogP contribution in [-0.2, 0) is 6.42 Å². The number of allylic oxidation sites excluding steroid dienone is 2. The van der Waals surface area contributed by atoms with Crippen LogP contribution in [0.4, 0.5) is 0 Å². The van der Waals surface area contributed by atoms with Crippen LogP contribution in [0.15, 0.2) is 23.8 Å². The molecule has 1 N–H and O–H groups in total. The Labute approximate surface area is 151 Å². The van der Waals surface area contributed by atoms with Crippen molar-refractivity contribution in [1.82, 2.24) is 0 Å². The third-order valence-electron chi connectivity index (χ3n) is 4.40. The number of aromatic hydroxyl groups is 1. The van der Waals surface area contributed by atoms with Gasteiger partial charge in [0.2, 0.25) is 0 Å². The monoisotopic (exact) mass is 322 g/mol. The summed E-state index contributed by atoms with van der Waals surface area (Å²) in [7, 11) is 0. The fraction of sp³-hybridized carbons (Fsp3) is 0.619. The van der Waals surface area contributed by atoms with Gasteiger partial charge in [-0.2, -0.15) is 0 Å². The number of hydrogen-bond acceptors (Lipinski definition) is 2. The van der Waals surface area contributed by atoms with E-state index < -0.39 is 48.7 Å². The minimum atomic E-state index is -2.79. The highest BCUT2D eigenvalue weighted by molar-refractivity contribution is 5.53. The summed E-state index contributed by atoms with van der Waals surface area (Å²) in [5.41, 5.74) is -1.51. The van der Waals surface area contributed by atoms with Gasteiger partial charge >= 0.3 is 0 Å². The summed E-state index contributed by atoms with van der Waals surface area (Å²) in [5, 5.41) is 10.9. The van der Waals surface area contributed by atoms with Crippen molar-refractivity contribution >= 4 is 0 Å². The Morgan fingerprint density at radius 3 is 3.04 bits per heavy atom. The highest BCUT2D eigenvalue weighted by Gasteiger charge is 2.45. The average molecular weight is 323 g/mol. The molecule has 0 saturated carbocycles. The third kappa shape index (κ3) is 3.13. The van der Waals surface area contributed by atoms with E-state index in [1.165, 1.54) is 19.9 Å². The number of ether oxygens (including phenoxy) is 1. The second kappa shape index (κ2) is 6.22. The molecular weight excluding hydrogens is 284 g/mol. The van der Waals surface area contributed by atoms with E-state index in [2.05, 4.69) is 6.92 Å². The Balaban J connectivity index is 2.34. The molecule has 0 bridgehead atoms. The maximum atomic E-state index is 10.9. The lowest BCUT2D eigenvalue weighted by Gasteiger charge is -2.46. The van der Waals surface area contributed by atoms with Gasteiger partial charge in [-0.25, -0.2) is 0 Å². The quantitative estimate of drug-likeness (QED) is 0.566. The van der Waals surface area contributed by atoms with E-state index in [0.717, 1.165) is 24.8 Å². The van der Waals surface area contributed by atoms with Crippen LogP contribution < -0.4 is 4.74 Å². The lowest BCUT2D eigenvalue weighted by molar-refractivity contribution is 0.0107. The van der Waals surface area contributed by atoms with Crippen molar-refractivity contribution < 1.29 is 20.8 Å².